The van der Waals surface area contributed by atoms with Crippen molar-refractivity contribution in [3.8, 4) is 11.2 Å². The van der Waals surface area contributed by atoms with Crippen molar-refractivity contribution in [2.45, 2.75) is 6.92 Å². The van der Waals surface area contributed by atoms with Crippen LogP contribution in [0, 0.1) is 11.2 Å². The molecule has 1 N–H and O–H groups in total. The molecule has 0 saturated carbocycles. The van der Waals surface area contributed by atoms with E-state index in [4.69, 9.17) is 4.55 Å². The third-order valence-corrected chi connectivity index (χ3v) is 0.693. The Bertz CT molecular complexity index is 199. The Morgan fingerprint density at radius 1 is 1.62 bits per heavy atom. The van der Waals surface area contributed by atoms with Crippen molar-refractivity contribution in [1.82, 2.24) is 0 Å². The molecule has 0 amide bonds. The van der Waals surface area contributed by atoms with Gasteiger partial charge in [0.2, 0.25) is 0 Å². The zero-order chi connectivity index (χ0) is 5.91. The minimum Gasteiger partial charge on any atom is -1.00 e. The molecular formula is C3H5KO3S. The van der Waals surface area contributed by atoms with E-state index >= 15 is 0 Å². The molecule has 0 rings (SSSR count). The minimum atomic E-state index is -4.04. The Morgan fingerprint density at radius 2 is 2.00 bits per heavy atom. The van der Waals surface area contributed by atoms with Gasteiger partial charge in [0.1, 0.15) is 0 Å². The van der Waals surface area contributed by atoms with E-state index in [0.717, 1.165) is 0 Å². The first kappa shape index (κ1) is 11.8. The number of hydrogen-bond donors (Lipinski definition) is 1. The average molecular weight is 160 g/mol. The molecule has 0 aromatic carbocycles. The van der Waals surface area contributed by atoms with Crippen molar-refractivity contribution in [3.05, 3.63) is 0 Å². The van der Waals surface area contributed by atoms with Crippen molar-refractivity contribution < 1.29 is 65.8 Å². The van der Waals surface area contributed by atoms with Crippen LogP contribution in [-0.4, -0.2) is 13.0 Å². The first-order chi connectivity index (χ1) is 3.06. The second-order valence-corrected chi connectivity index (χ2v) is 1.98. The Labute approximate surface area is 92.5 Å². The number of hydrogen-bond acceptors (Lipinski definition) is 2. The molecule has 0 bridgehead atoms. The van der Waals surface area contributed by atoms with Crippen molar-refractivity contribution in [2.24, 2.45) is 0 Å². The Hall–Kier alpha value is 1.11. The van der Waals surface area contributed by atoms with Crippen LogP contribution in [0.2, 0.25) is 0 Å². The molecule has 3 nitrogen and oxygen atoms in total. The van der Waals surface area contributed by atoms with Gasteiger partial charge < -0.3 is 1.43 Å². The predicted molar refractivity (Wildman–Crippen MR) is 26.1 cm³/mol. The summed E-state index contributed by atoms with van der Waals surface area (Å²) in [5.41, 5.74) is 0. The van der Waals surface area contributed by atoms with Gasteiger partial charge in [-0.2, -0.15) is 8.42 Å². The molecule has 0 aliphatic carbocycles. The van der Waals surface area contributed by atoms with Gasteiger partial charge >= 0.3 is 61.5 Å². The van der Waals surface area contributed by atoms with Gasteiger partial charge in [-0.1, -0.05) is 5.92 Å². The van der Waals surface area contributed by atoms with Crippen LogP contribution in [0.3, 0.4) is 0 Å². The molecule has 0 atom stereocenters. The van der Waals surface area contributed by atoms with Crippen molar-refractivity contribution in [1.29, 1.82) is 0 Å². The standard InChI is InChI=1S/C3H4O3S.K.H/c1-2-3-7(4,5)6;;/h1H3,(H,4,5,6);;/q;+1;-1. The fourth-order valence-corrected chi connectivity index (χ4v) is 0.387. The Balaban J connectivity index is -0.000000180. The number of rotatable bonds is 0. The molecule has 42 valence electrons. The normalized spacial score (nSPS) is 8.25. The van der Waals surface area contributed by atoms with Gasteiger partial charge in [0.25, 0.3) is 0 Å². The maximum absolute atomic E-state index is 9.61. The fraction of sp³-hybridized carbons (Fsp3) is 0.333. The minimum absolute atomic E-state index is 0. The summed E-state index contributed by atoms with van der Waals surface area (Å²) < 4.78 is 27.0. The summed E-state index contributed by atoms with van der Waals surface area (Å²) in [6, 6.07) is 0. The second kappa shape index (κ2) is 4.94. The Kier molecular flexibility index (Phi) is 7.31. The SMILES string of the molecule is CC#CS(=O)(=O)O.[H-].[K+]. The summed E-state index contributed by atoms with van der Waals surface area (Å²) in [6.45, 7) is 1.33. The van der Waals surface area contributed by atoms with Gasteiger partial charge in [-0.15, -0.1) is 0 Å². The zero-order valence-corrected chi connectivity index (χ0v) is 8.61. The summed E-state index contributed by atoms with van der Waals surface area (Å²) in [4.78, 5) is 0. The van der Waals surface area contributed by atoms with E-state index in [9.17, 15) is 8.42 Å². The Morgan fingerprint density at radius 3 is 2.00 bits per heavy atom. The van der Waals surface area contributed by atoms with Crippen molar-refractivity contribution in [2.75, 3.05) is 0 Å². The van der Waals surface area contributed by atoms with Crippen LogP contribution in [0.15, 0.2) is 0 Å². The molecule has 0 saturated heterocycles. The maximum Gasteiger partial charge on any atom is 1.00 e. The summed E-state index contributed by atoms with van der Waals surface area (Å²) in [7, 11) is -4.04. The van der Waals surface area contributed by atoms with E-state index < -0.39 is 10.1 Å². The van der Waals surface area contributed by atoms with Gasteiger partial charge in [0.15, 0.2) is 0 Å². The molecular weight excluding hydrogens is 155 g/mol. The molecule has 0 radical (unpaired) electrons. The molecule has 0 aromatic rings. The van der Waals surface area contributed by atoms with Gasteiger partial charge in [-0.25, -0.2) is 0 Å². The van der Waals surface area contributed by atoms with Crippen LogP contribution >= 0.6 is 0 Å². The third-order valence-electron chi connectivity index (χ3n) is 0.231. The van der Waals surface area contributed by atoms with Crippen LogP contribution in [0.4, 0.5) is 0 Å². The first-order valence-corrected chi connectivity index (χ1v) is 2.91. The molecule has 0 unspecified atom stereocenters. The molecule has 0 heterocycles. The molecule has 0 aliphatic rings. The zero-order valence-electron chi connectivity index (χ0n) is 5.67. The summed E-state index contributed by atoms with van der Waals surface area (Å²) in [5.74, 6) is 2.02. The maximum atomic E-state index is 9.61. The summed E-state index contributed by atoms with van der Waals surface area (Å²) in [5, 5.41) is 1.56. The average Bonchev–Trinajstić information content (AvgIpc) is 1.30. The fourth-order valence-electron chi connectivity index (χ4n) is 0.129. The molecule has 8 heavy (non-hydrogen) atoms. The van der Waals surface area contributed by atoms with Crippen LogP contribution < -0.4 is 51.4 Å². The predicted octanol–water partition coefficient (Wildman–Crippen LogP) is -3.03. The summed E-state index contributed by atoms with van der Waals surface area (Å²) >= 11 is 0. The second-order valence-electron chi connectivity index (χ2n) is 0.827. The molecule has 0 aromatic heterocycles. The van der Waals surface area contributed by atoms with Crippen molar-refractivity contribution in [3.63, 3.8) is 0 Å². The third kappa shape index (κ3) is 10.2. The van der Waals surface area contributed by atoms with Crippen LogP contribution in [0.25, 0.3) is 0 Å². The van der Waals surface area contributed by atoms with Crippen molar-refractivity contribution >= 4 is 10.1 Å². The van der Waals surface area contributed by atoms with E-state index in [1.165, 1.54) is 6.92 Å². The molecule has 0 aliphatic heterocycles. The molecule has 0 spiro atoms. The smallest absolute Gasteiger partial charge is 1.00 e. The monoisotopic (exact) mass is 160 g/mol. The van der Waals surface area contributed by atoms with Gasteiger partial charge in [-0.05, 0) is 6.92 Å². The van der Waals surface area contributed by atoms with E-state index in [1.54, 1.807) is 5.25 Å². The van der Waals surface area contributed by atoms with Gasteiger partial charge in [0, 0.05) is 0 Å². The quantitative estimate of drug-likeness (QED) is 0.233. The largest absolute Gasteiger partial charge is 1.00 e. The molecule has 5 heteroatoms. The topological polar surface area (TPSA) is 54.4 Å². The van der Waals surface area contributed by atoms with E-state index in [2.05, 4.69) is 0 Å². The van der Waals surface area contributed by atoms with E-state index in [1.807, 2.05) is 5.92 Å². The summed E-state index contributed by atoms with van der Waals surface area (Å²) in [6.07, 6.45) is 0. The van der Waals surface area contributed by atoms with Crippen LogP contribution in [-0.2, 0) is 10.1 Å². The van der Waals surface area contributed by atoms with Gasteiger partial charge in [0.05, 0.1) is 5.25 Å². The first-order valence-electron chi connectivity index (χ1n) is 1.47. The van der Waals surface area contributed by atoms with Crippen LogP contribution in [0.1, 0.15) is 8.35 Å². The van der Waals surface area contributed by atoms with Crippen LogP contribution in [0.5, 0.6) is 0 Å². The molecule has 0 fully saturated rings. The van der Waals surface area contributed by atoms with E-state index in [0.29, 0.717) is 0 Å². The van der Waals surface area contributed by atoms with Gasteiger partial charge in [-0.3, -0.25) is 4.55 Å². The van der Waals surface area contributed by atoms with E-state index in [-0.39, 0.29) is 52.8 Å².